The van der Waals surface area contributed by atoms with E-state index in [-0.39, 0.29) is 11.9 Å². The number of amidine groups is 1. The maximum Gasteiger partial charge on any atom is 0.214 e. The lowest BCUT2D eigenvalue weighted by Gasteiger charge is -2.29. The van der Waals surface area contributed by atoms with Gasteiger partial charge in [-0.2, -0.15) is 0 Å². The predicted octanol–water partition coefficient (Wildman–Crippen LogP) is 2.63. The van der Waals surface area contributed by atoms with Crippen LogP contribution in [0.15, 0.2) is 12.1 Å². The first-order chi connectivity index (χ1) is 8.56. The van der Waals surface area contributed by atoms with E-state index in [1.807, 2.05) is 6.92 Å². The Morgan fingerprint density at radius 2 is 2.11 bits per heavy atom. The monoisotopic (exact) mass is 247 g/mol. The van der Waals surface area contributed by atoms with Gasteiger partial charge in [0.2, 0.25) is 5.88 Å². The van der Waals surface area contributed by atoms with Crippen molar-refractivity contribution in [3.8, 4) is 5.88 Å². The van der Waals surface area contributed by atoms with E-state index in [2.05, 4.69) is 11.9 Å². The van der Waals surface area contributed by atoms with E-state index in [0.29, 0.717) is 17.4 Å². The number of hydrogen-bond donors (Lipinski definition) is 2. The van der Waals surface area contributed by atoms with Crippen LogP contribution in [-0.4, -0.2) is 16.9 Å². The van der Waals surface area contributed by atoms with Crippen molar-refractivity contribution in [1.29, 1.82) is 5.41 Å². The average molecular weight is 247 g/mol. The minimum Gasteiger partial charge on any atom is -0.474 e. The molecule has 2 atom stereocenters. The van der Waals surface area contributed by atoms with Crippen molar-refractivity contribution in [2.75, 3.05) is 0 Å². The maximum atomic E-state index is 7.48. The Labute approximate surface area is 108 Å². The SMILES string of the molecule is Cc1cc(C(=N)N)cc(OC2CCCCC2C)n1. The third kappa shape index (κ3) is 3.00. The smallest absolute Gasteiger partial charge is 0.214 e. The van der Waals surface area contributed by atoms with Crippen LogP contribution in [-0.2, 0) is 0 Å². The molecule has 0 saturated heterocycles. The highest BCUT2D eigenvalue weighted by Gasteiger charge is 2.23. The lowest BCUT2D eigenvalue weighted by molar-refractivity contribution is 0.0974. The summed E-state index contributed by atoms with van der Waals surface area (Å²) in [7, 11) is 0. The second-order valence-electron chi connectivity index (χ2n) is 5.17. The molecule has 1 aromatic rings. The second kappa shape index (κ2) is 5.38. The maximum absolute atomic E-state index is 7.48. The van der Waals surface area contributed by atoms with Crippen LogP contribution in [0.4, 0.5) is 0 Å². The van der Waals surface area contributed by atoms with E-state index in [9.17, 15) is 0 Å². The minimum atomic E-state index is 0.0574. The summed E-state index contributed by atoms with van der Waals surface area (Å²) in [5.74, 6) is 1.22. The quantitative estimate of drug-likeness (QED) is 0.637. The van der Waals surface area contributed by atoms with Gasteiger partial charge in [0.1, 0.15) is 11.9 Å². The number of nitrogens with one attached hydrogen (secondary N) is 1. The highest BCUT2D eigenvalue weighted by molar-refractivity contribution is 5.95. The zero-order valence-corrected chi connectivity index (χ0v) is 11.1. The molecular weight excluding hydrogens is 226 g/mol. The molecule has 4 nitrogen and oxygen atoms in total. The van der Waals surface area contributed by atoms with E-state index >= 15 is 0 Å². The van der Waals surface area contributed by atoms with Crippen molar-refractivity contribution in [3.05, 3.63) is 23.4 Å². The molecule has 0 radical (unpaired) electrons. The molecule has 0 aromatic carbocycles. The molecule has 0 amide bonds. The van der Waals surface area contributed by atoms with Crippen molar-refractivity contribution in [2.45, 2.75) is 45.6 Å². The number of nitrogens with two attached hydrogens (primary N) is 1. The molecule has 18 heavy (non-hydrogen) atoms. The largest absolute Gasteiger partial charge is 0.474 e. The van der Waals surface area contributed by atoms with Gasteiger partial charge >= 0.3 is 0 Å². The lowest BCUT2D eigenvalue weighted by Crippen LogP contribution is -2.28. The van der Waals surface area contributed by atoms with Crippen LogP contribution in [0.3, 0.4) is 0 Å². The number of ether oxygens (including phenoxy) is 1. The highest BCUT2D eigenvalue weighted by Crippen LogP contribution is 2.27. The number of nitrogens with zero attached hydrogens (tertiary/aromatic N) is 1. The average Bonchev–Trinajstić information content (AvgIpc) is 2.31. The van der Waals surface area contributed by atoms with Gasteiger partial charge in [0.25, 0.3) is 0 Å². The molecule has 0 bridgehead atoms. The molecule has 1 heterocycles. The molecule has 1 aliphatic carbocycles. The van der Waals surface area contributed by atoms with Crippen LogP contribution in [0, 0.1) is 18.3 Å². The fourth-order valence-electron chi connectivity index (χ4n) is 2.47. The molecule has 4 heteroatoms. The van der Waals surface area contributed by atoms with Crippen LogP contribution < -0.4 is 10.5 Å². The van der Waals surface area contributed by atoms with E-state index in [1.165, 1.54) is 19.3 Å². The first-order valence-corrected chi connectivity index (χ1v) is 6.56. The van der Waals surface area contributed by atoms with Gasteiger partial charge in [0, 0.05) is 17.3 Å². The van der Waals surface area contributed by atoms with Crippen LogP contribution >= 0.6 is 0 Å². The Morgan fingerprint density at radius 3 is 2.78 bits per heavy atom. The number of pyridine rings is 1. The van der Waals surface area contributed by atoms with Crippen LogP contribution in [0.5, 0.6) is 5.88 Å². The minimum absolute atomic E-state index is 0.0574. The number of aryl methyl sites for hydroxylation is 1. The Balaban J connectivity index is 2.15. The summed E-state index contributed by atoms with van der Waals surface area (Å²) in [6.07, 6.45) is 5.07. The number of rotatable bonds is 3. The Kier molecular flexibility index (Phi) is 3.84. The third-order valence-electron chi connectivity index (χ3n) is 3.55. The number of nitrogen functional groups attached to an aromatic ring is 1. The summed E-state index contributed by atoms with van der Waals surface area (Å²) in [5, 5.41) is 7.48. The fraction of sp³-hybridized carbons (Fsp3) is 0.571. The molecular formula is C14H21N3O. The van der Waals surface area contributed by atoms with Crippen molar-refractivity contribution >= 4 is 5.84 Å². The number of aromatic nitrogens is 1. The third-order valence-corrected chi connectivity index (χ3v) is 3.55. The second-order valence-corrected chi connectivity index (χ2v) is 5.17. The van der Waals surface area contributed by atoms with E-state index in [0.717, 1.165) is 12.1 Å². The van der Waals surface area contributed by atoms with Gasteiger partial charge in [0.05, 0.1) is 0 Å². The fourth-order valence-corrected chi connectivity index (χ4v) is 2.47. The molecule has 0 aliphatic heterocycles. The summed E-state index contributed by atoms with van der Waals surface area (Å²) >= 11 is 0. The van der Waals surface area contributed by atoms with Crippen LogP contribution in [0.2, 0.25) is 0 Å². The zero-order chi connectivity index (χ0) is 13.1. The summed E-state index contributed by atoms with van der Waals surface area (Å²) < 4.78 is 5.98. The van der Waals surface area contributed by atoms with Gasteiger partial charge in [-0.15, -0.1) is 0 Å². The molecule has 3 N–H and O–H groups in total. The normalized spacial score (nSPS) is 23.7. The Bertz CT molecular complexity index is 445. The van der Waals surface area contributed by atoms with Crippen molar-refractivity contribution < 1.29 is 4.74 Å². The van der Waals surface area contributed by atoms with E-state index in [1.54, 1.807) is 12.1 Å². The zero-order valence-electron chi connectivity index (χ0n) is 11.1. The molecule has 98 valence electrons. The molecule has 2 rings (SSSR count). The molecule has 0 spiro atoms. The molecule has 1 aliphatic rings. The first-order valence-electron chi connectivity index (χ1n) is 6.56. The Hall–Kier alpha value is -1.58. The Morgan fingerprint density at radius 1 is 1.39 bits per heavy atom. The van der Waals surface area contributed by atoms with Gasteiger partial charge in [-0.05, 0) is 38.2 Å². The van der Waals surface area contributed by atoms with Gasteiger partial charge in [-0.25, -0.2) is 4.98 Å². The van der Waals surface area contributed by atoms with Gasteiger partial charge < -0.3 is 10.5 Å². The highest BCUT2D eigenvalue weighted by atomic mass is 16.5. The first kappa shape index (κ1) is 12.9. The van der Waals surface area contributed by atoms with E-state index in [4.69, 9.17) is 15.9 Å². The lowest BCUT2D eigenvalue weighted by atomic mass is 9.88. The van der Waals surface area contributed by atoms with Crippen LogP contribution in [0.1, 0.15) is 43.9 Å². The van der Waals surface area contributed by atoms with Crippen molar-refractivity contribution in [2.24, 2.45) is 11.7 Å². The standard InChI is InChI=1S/C14H21N3O/c1-9-5-3-4-6-12(9)18-13-8-11(14(15)16)7-10(2)17-13/h7-9,12H,3-6H2,1-2H3,(H3,15,16). The summed E-state index contributed by atoms with van der Waals surface area (Å²) in [4.78, 5) is 4.37. The predicted molar refractivity (Wildman–Crippen MR) is 72.0 cm³/mol. The van der Waals surface area contributed by atoms with Gasteiger partial charge in [-0.3, -0.25) is 5.41 Å². The van der Waals surface area contributed by atoms with Crippen LogP contribution in [0.25, 0.3) is 0 Å². The van der Waals surface area contributed by atoms with Gasteiger partial charge in [0.15, 0.2) is 0 Å². The summed E-state index contributed by atoms with van der Waals surface area (Å²) in [6.45, 7) is 4.12. The van der Waals surface area contributed by atoms with E-state index < -0.39 is 0 Å². The van der Waals surface area contributed by atoms with Crippen molar-refractivity contribution in [3.63, 3.8) is 0 Å². The molecule has 1 saturated carbocycles. The summed E-state index contributed by atoms with van der Waals surface area (Å²) in [6, 6.07) is 3.57. The molecule has 1 aromatic heterocycles. The number of hydrogen-bond acceptors (Lipinski definition) is 3. The summed E-state index contributed by atoms with van der Waals surface area (Å²) in [5.41, 5.74) is 7.03. The van der Waals surface area contributed by atoms with Gasteiger partial charge in [-0.1, -0.05) is 13.3 Å². The molecule has 1 fully saturated rings. The molecule has 2 unspecified atom stereocenters. The van der Waals surface area contributed by atoms with Crippen molar-refractivity contribution in [1.82, 2.24) is 4.98 Å². The topological polar surface area (TPSA) is 72.0 Å².